The average Bonchev–Trinajstić information content (AvgIpc) is 2.53. The van der Waals surface area contributed by atoms with E-state index in [-0.39, 0.29) is 12.1 Å². The second-order valence-electron chi connectivity index (χ2n) is 3.77. The minimum absolute atomic E-state index is 0.0463. The first-order valence-corrected chi connectivity index (χ1v) is 4.76. The van der Waals surface area contributed by atoms with E-state index >= 15 is 0 Å². The molecule has 3 N–H and O–H groups in total. The first-order valence-electron chi connectivity index (χ1n) is 4.76. The van der Waals surface area contributed by atoms with E-state index in [1.807, 2.05) is 6.92 Å². The van der Waals surface area contributed by atoms with Crippen molar-refractivity contribution in [3.8, 4) is 0 Å². The topological polar surface area (TPSA) is 76.8 Å². The van der Waals surface area contributed by atoms with Crippen molar-refractivity contribution in [2.24, 2.45) is 11.7 Å². The molecule has 0 spiro atoms. The van der Waals surface area contributed by atoms with Crippen LogP contribution in [0.2, 0.25) is 0 Å². The summed E-state index contributed by atoms with van der Waals surface area (Å²) in [5.74, 6) is 1.73. The molecule has 0 aliphatic carbocycles. The fraction of sp³-hybridized carbons (Fsp3) is 0.778. The van der Waals surface area contributed by atoms with E-state index in [0.29, 0.717) is 11.7 Å². The van der Waals surface area contributed by atoms with Gasteiger partial charge in [0.1, 0.15) is 6.10 Å². The van der Waals surface area contributed by atoms with Gasteiger partial charge >= 0.3 is 0 Å². The third-order valence-electron chi connectivity index (χ3n) is 2.06. The van der Waals surface area contributed by atoms with E-state index in [1.54, 1.807) is 7.11 Å². The molecule has 0 fully saturated rings. The Morgan fingerprint density at radius 3 is 2.36 bits per heavy atom. The Hall–Kier alpha value is -0.940. The molecule has 1 heterocycles. The maximum atomic E-state index is 5.66. The molecule has 0 saturated carbocycles. The lowest BCUT2D eigenvalue weighted by atomic mass is 10.1. The number of nitrogens with one attached hydrogen (secondary N) is 1. The highest BCUT2D eigenvalue weighted by atomic mass is 16.5. The molecule has 5 nitrogen and oxygen atoms in total. The van der Waals surface area contributed by atoms with Crippen LogP contribution in [0.15, 0.2) is 0 Å². The zero-order chi connectivity index (χ0) is 10.7. The van der Waals surface area contributed by atoms with E-state index < -0.39 is 0 Å². The molecule has 0 aliphatic rings. The highest BCUT2D eigenvalue weighted by Crippen LogP contribution is 2.22. The molecule has 14 heavy (non-hydrogen) atoms. The number of methoxy groups -OCH3 is 1. The number of hydrogen-bond donors (Lipinski definition) is 2. The molecule has 1 rings (SSSR count). The van der Waals surface area contributed by atoms with E-state index in [2.05, 4.69) is 29.0 Å². The van der Waals surface area contributed by atoms with Gasteiger partial charge in [0, 0.05) is 7.11 Å². The van der Waals surface area contributed by atoms with Gasteiger partial charge < -0.3 is 10.5 Å². The second-order valence-corrected chi connectivity index (χ2v) is 3.77. The fourth-order valence-electron chi connectivity index (χ4n) is 1.32. The van der Waals surface area contributed by atoms with Crippen LogP contribution >= 0.6 is 0 Å². The van der Waals surface area contributed by atoms with Crippen molar-refractivity contribution < 1.29 is 4.74 Å². The van der Waals surface area contributed by atoms with Crippen LogP contribution in [0.5, 0.6) is 0 Å². The molecule has 1 aromatic rings. The summed E-state index contributed by atoms with van der Waals surface area (Å²) in [5.41, 5.74) is 5.66. The minimum atomic E-state index is -0.148. The van der Waals surface area contributed by atoms with Crippen LogP contribution < -0.4 is 5.73 Å². The number of nitrogens with zero attached hydrogens (tertiary/aromatic N) is 2. The third-order valence-corrected chi connectivity index (χ3v) is 2.06. The molecular weight excluding hydrogens is 180 g/mol. The lowest BCUT2D eigenvalue weighted by Gasteiger charge is -2.15. The Morgan fingerprint density at radius 1 is 1.36 bits per heavy atom. The smallest absolute Gasteiger partial charge is 0.167 e. The largest absolute Gasteiger partial charge is 0.373 e. The van der Waals surface area contributed by atoms with Crippen LogP contribution in [-0.2, 0) is 4.74 Å². The predicted molar refractivity (Wildman–Crippen MR) is 53.6 cm³/mol. The van der Waals surface area contributed by atoms with Gasteiger partial charge in [0.05, 0.1) is 6.04 Å². The molecule has 0 bridgehead atoms. The summed E-state index contributed by atoms with van der Waals surface area (Å²) in [7, 11) is 1.67. The predicted octanol–water partition coefficient (Wildman–Crippen LogP) is 1.17. The van der Waals surface area contributed by atoms with Gasteiger partial charge in [0.25, 0.3) is 0 Å². The third kappa shape index (κ3) is 2.30. The summed E-state index contributed by atoms with van der Waals surface area (Å²) in [6.45, 7) is 5.99. The fourth-order valence-corrected chi connectivity index (χ4v) is 1.32. The summed E-state index contributed by atoms with van der Waals surface area (Å²) >= 11 is 0. The van der Waals surface area contributed by atoms with Crippen molar-refractivity contribution in [1.29, 1.82) is 0 Å². The van der Waals surface area contributed by atoms with Gasteiger partial charge in [-0.25, -0.2) is 4.98 Å². The molecule has 0 radical (unpaired) electrons. The normalized spacial score (nSPS) is 15.9. The molecule has 80 valence electrons. The summed E-state index contributed by atoms with van der Waals surface area (Å²) in [6, 6.07) is -0.148. The van der Waals surface area contributed by atoms with Gasteiger partial charge in [-0.1, -0.05) is 13.8 Å². The average molecular weight is 198 g/mol. The van der Waals surface area contributed by atoms with Crippen LogP contribution in [-0.4, -0.2) is 22.3 Å². The van der Waals surface area contributed by atoms with Gasteiger partial charge in [-0.2, -0.15) is 5.10 Å². The Labute approximate surface area is 84.1 Å². The summed E-state index contributed by atoms with van der Waals surface area (Å²) in [6.07, 6.45) is -0.0463. The number of nitrogens with two attached hydrogens (primary N) is 1. The molecule has 2 unspecified atom stereocenters. The number of aromatic amines is 1. The molecule has 0 aliphatic heterocycles. The monoisotopic (exact) mass is 198 g/mol. The van der Waals surface area contributed by atoms with Gasteiger partial charge in [-0.05, 0) is 12.8 Å². The number of ether oxygens (including phenoxy) is 1. The van der Waals surface area contributed by atoms with Gasteiger partial charge in [0.2, 0.25) is 0 Å². The summed E-state index contributed by atoms with van der Waals surface area (Å²) in [5, 5.41) is 6.88. The molecule has 5 heteroatoms. The number of rotatable bonds is 4. The van der Waals surface area contributed by atoms with Gasteiger partial charge in [-0.3, -0.25) is 5.10 Å². The maximum absolute atomic E-state index is 5.66. The summed E-state index contributed by atoms with van der Waals surface area (Å²) < 4.78 is 5.32. The highest BCUT2D eigenvalue weighted by Gasteiger charge is 2.19. The van der Waals surface area contributed by atoms with Crippen molar-refractivity contribution in [3.63, 3.8) is 0 Å². The highest BCUT2D eigenvalue weighted by molar-refractivity contribution is 4.98. The standard InChI is InChI=1S/C9H18N4O/c1-5(2)7(14-4)9-11-8(6(3)10)12-13-9/h5-7H,10H2,1-4H3,(H,11,12,13). The van der Waals surface area contributed by atoms with Gasteiger partial charge in [-0.15, -0.1) is 0 Å². The van der Waals surface area contributed by atoms with E-state index in [4.69, 9.17) is 10.5 Å². The zero-order valence-corrected chi connectivity index (χ0v) is 9.11. The Kier molecular flexibility index (Phi) is 3.60. The molecule has 0 amide bonds. The second kappa shape index (κ2) is 4.52. The maximum Gasteiger partial charge on any atom is 0.167 e. The number of aromatic nitrogens is 3. The Morgan fingerprint density at radius 2 is 2.00 bits per heavy atom. The lowest BCUT2D eigenvalue weighted by molar-refractivity contribution is 0.0577. The quantitative estimate of drug-likeness (QED) is 0.761. The molecule has 0 aromatic carbocycles. The van der Waals surface area contributed by atoms with Crippen LogP contribution in [0.1, 0.15) is 44.6 Å². The summed E-state index contributed by atoms with van der Waals surface area (Å²) in [4.78, 5) is 4.29. The van der Waals surface area contributed by atoms with Crippen LogP contribution in [0.3, 0.4) is 0 Å². The Bertz CT molecular complexity index is 282. The number of H-pyrrole nitrogens is 1. The molecular formula is C9H18N4O. The SMILES string of the molecule is COC(c1nc(C(C)N)n[nH]1)C(C)C. The lowest BCUT2D eigenvalue weighted by Crippen LogP contribution is -2.11. The van der Waals surface area contributed by atoms with Crippen LogP contribution in [0, 0.1) is 5.92 Å². The molecule has 1 aromatic heterocycles. The van der Waals surface area contributed by atoms with Gasteiger partial charge in [0.15, 0.2) is 11.6 Å². The van der Waals surface area contributed by atoms with Crippen LogP contribution in [0.4, 0.5) is 0 Å². The van der Waals surface area contributed by atoms with Crippen molar-refractivity contribution >= 4 is 0 Å². The van der Waals surface area contributed by atoms with E-state index in [0.717, 1.165) is 5.82 Å². The van der Waals surface area contributed by atoms with E-state index in [9.17, 15) is 0 Å². The minimum Gasteiger partial charge on any atom is -0.373 e. The van der Waals surface area contributed by atoms with Crippen molar-refractivity contribution in [1.82, 2.24) is 15.2 Å². The van der Waals surface area contributed by atoms with Crippen LogP contribution in [0.25, 0.3) is 0 Å². The zero-order valence-electron chi connectivity index (χ0n) is 9.11. The van der Waals surface area contributed by atoms with Crippen molar-refractivity contribution in [2.75, 3.05) is 7.11 Å². The first kappa shape index (κ1) is 11.1. The molecule has 2 atom stereocenters. The Balaban J connectivity index is 2.84. The van der Waals surface area contributed by atoms with E-state index in [1.165, 1.54) is 0 Å². The van der Waals surface area contributed by atoms with Crippen molar-refractivity contribution in [3.05, 3.63) is 11.6 Å². The molecule has 0 saturated heterocycles. The number of hydrogen-bond acceptors (Lipinski definition) is 4. The first-order chi connectivity index (χ1) is 6.56. The van der Waals surface area contributed by atoms with Crippen molar-refractivity contribution in [2.45, 2.75) is 32.9 Å².